The first-order valence-electron chi connectivity index (χ1n) is 6.54. The molecule has 1 atom stereocenters. The Kier molecular flexibility index (Phi) is 4.04. The summed E-state index contributed by atoms with van der Waals surface area (Å²) >= 11 is 0. The van der Waals surface area contributed by atoms with E-state index < -0.39 is 0 Å². The summed E-state index contributed by atoms with van der Waals surface area (Å²) in [6.07, 6.45) is 0. The Morgan fingerprint density at radius 2 is 1.95 bits per heavy atom. The molecule has 1 heterocycles. The number of nitrogens with zero attached hydrogens (tertiary/aromatic N) is 2. The van der Waals surface area contributed by atoms with Gasteiger partial charge in [0.25, 0.3) is 0 Å². The van der Waals surface area contributed by atoms with E-state index in [0.717, 1.165) is 24.3 Å². The predicted octanol–water partition coefficient (Wildman–Crippen LogP) is 1.51. The second kappa shape index (κ2) is 5.57. The van der Waals surface area contributed by atoms with Crippen LogP contribution < -0.4 is 10.6 Å². The Bertz CT molecular complexity index is 468. The van der Waals surface area contributed by atoms with Gasteiger partial charge in [-0.05, 0) is 30.7 Å². The molecule has 0 radical (unpaired) electrons. The zero-order valence-corrected chi connectivity index (χ0v) is 11.4. The summed E-state index contributed by atoms with van der Waals surface area (Å²) in [6.45, 7) is 6.34. The van der Waals surface area contributed by atoms with Gasteiger partial charge in [-0.2, -0.15) is 0 Å². The van der Waals surface area contributed by atoms with Gasteiger partial charge in [0.05, 0.1) is 0 Å². The number of nitrogens with two attached hydrogens (primary N) is 1. The van der Waals surface area contributed by atoms with Crippen molar-refractivity contribution in [2.24, 2.45) is 5.73 Å². The van der Waals surface area contributed by atoms with Crippen molar-refractivity contribution in [3.05, 3.63) is 29.6 Å². The highest BCUT2D eigenvalue weighted by Gasteiger charge is 2.21. The molecule has 104 valence electrons. The van der Waals surface area contributed by atoms with Gasteiger partial charge in [-0.15, -0.1) is 0 Å². The van der Waals surface area contributed by atoms with Gasteiger partial charge in [-0.25, -0.2) is 4.39 Å². The maximum atomic E-state index is 13.3. The molecule has 2 N–H and O–H groups in total. The summed E-state index contributed by atoms with van der Waals surface area (Å²) in [5.74, 6) is -0.162. The number of anilines is 1. The van der Waals surface area contributed by atoms with Gasteiger partial charge in [0.2, 0.25) is 5.91 Å². The molecule has 1 aliphatic rings. The number of carbonyl (C=O) groups excluding carboxylic acids is 1. The van der Waals surface area contributed by atoms with Crippen molar-refractivity contribution in [2.75, 3.05) is 31.1 Å². The molecule has 0 saturated carbocycles. The molecule has 1 fully saturated rings. The van der Waals surface area contributed by atoms with E-state index in [0.29, 0.717) is 13.1 Å². The van der Waals surface area contributed by atoms with Crippen molar-refractivity contribution in [2.45, 2.75) is 19.9 Å². The average Bonchev–Trinajstić information content (AvgIpc) is 2.38. The van der Waals surface area contributed by atoms with Gasteiger partial charge in [-0.1, -0.05) is 0 Å². The van der Waals surface area contributed by atoms with E-state index in [1.807, 2.05) is 11.8 Å². The first-order chi connectivity index (χ1) is 8.99. The first-order valence-corrected chi connectivity index (χ1v) is 6.54. The predicted molar refractivity (Wildman–Crippen MR) is 73.5 cm³/mol. The Labute approximate surface area is 113 Å². The Morgan fingerprint density at radius 1 is 1.32 bits per heavy atom. The largest absolute Gasteiger partial charge is 0.368 e. The molecule has 5 heteroatoms. The molecule has 19 heavy (non-hydrogen) atoms. The fraction of sp³-hybridized carbons (Fsp3) is 0.500. The quantitative estimate of drug-likeness (QED) is 0.882. The minimum Gasteiger partial charge on any atom is -0.368 e. The maximum Gasteiger partial charge on any atom is 0.219 e. The van der Waals surface area contributed by atoms with Crippen LogP contribution in [0.2, 0.25) is 0 Å². The van der Waals surface area contributed by atoms with Crippen LogP contribution in [0.5, 0.6) is 0 Å². The lowest BCUT2D eigenvalue weighted by atomic mass is 10.0. The van der Waals surface area contributed by atoms with Crippen molar-refractivity contribution in [3.8, 4) is 0 Å². The van der Waals surface area contributed by atoms with Crippen LogP contribution in [0.25, 0.3) is 0 Å². The fourth-order valence-corrected chi connectivity index (χ4v) is 2.44. The molecule has 1 aromatic carbocycles. The topological polar surface area (TPSA) is 49.6 Å². The van der Waals surface area contributed by atoms with E-state index in [1.54, 1.807) is 13.0 Å². The second-order valence-corrected chi connectivity index (χ2v) is 4.98. The van der Waals surface area contributed by atoms with Gasteiger partial charge >= 0.3 is 0 Å². The SMILES string of the molecule is CC(=O)N1CCN(c2ccc(F)cc2C(C)N)CC1. The van der Waals surface area contributed by atoms with Crippen LogP contribution in [0, 0.1) is 5.82 Å². The summed E-state index contributed by atoms with van der Waals surface area (Å²) in [7, 11) is 0. The zero-order chi connectivity index (χ0) is 14.0. The highest BCUT2D eigenvalue weighted by Crippen LogP contribution is 2.27. The normalized spacial score (nSPS) is 17.5. The van der Waals surface area contributed by atoms with Crippen molar-refractivity contribution in [1.82, 2.24) is 4.90 Å². The standard InChI is InChI=1S/C14H20FN3O/c1-10(16)13-9-12(15)3-4-14(13)18-7-5-17(6-8-18)11(2)19/h3-4,9-10H,5-8,16H2,1-2H3. The smallest absolute Gasteiger partial charge is 0.219 e. The highest BCUT2D eigenvalue weighted by molar-refractivity contribution is 5.73. The summed E-state index contributed by atoms with van der Waals surface area (Å²) < 4.78 is 13.3. The van der Waals surface area contributed by atoms with Crippen LogP contribution in [0.3, 0.4) is 0 Å². The number of halogens is 1. The van der Waals surface area contributed by atoms with Crippen LogP contribution in [-0.2, 0) is 4.79 Å². The molecule has 1 amide bonds. The van der Waals surface area contributed by atoms with Crippen LogP contribution in [0.1, 0.15) is 25.5 Å². The third kappa shape index (κ3) is 3.04. The number of carbonyl (C=O) groups is 1. The average molecular weight is 265 g/mol. The zero-order valence-electron chi connectivity index (χ0n) is 11.4. The molecule has 1 unspecified atom stereocenters. The van der Waals surface area contributed by atoms with Crippen molar-refractivity contribution in [3.63, 3.8) is 0 Å². The minimum absolute atomic E-state index is 0.103. The van der Waals surface area contributed by atoms with Crippen molar-refractivity contribution < 1.29 is 9.18 Å². The molecule has 0 aliphatic carbocycles. The molecule has 0 aromatic heterocycles. The highest BCUT2D eigenvalue weighted by atomic mass is 19.1. The van der Waals surface area contributed by atoms with E-state index in [9.17, 15) is 9.18 Å². The number of rotatable bonds is 2. The molecule has 1 aliphatic heterocycles. The van der Waals surface area contributed by atoms with Crippen molar-refractivity contribution in [1.29, 1.82) is 0 Å². The van der Waals surface area contributed by atoms with Gasteiger partial charge in [-0.3, -0.25) is 4.79 Å². The Balaban J connectivity index is 2.17. The Morgan fingerprint density at radius 3 is 2.47 bits per heavy atom. The van der Waals surface area contributed by atoms with E-state index >= 15 is 0 Å². The van der Waals surface area contributed by atoms with Gasteiger partial charge < -0.3 is 15.5 Å². The number of amides is 1. The fourth-order valence-electron chi connectivity index (χ4n) is 2.44. The van der Waals surface area contributed by atoms with Crippen molar-refractivity contribution >= 4 is 11.6 Å². The van der Waals surface area contributed by atoms with E-state index in [-0.39, 0.29) is 17.8 Å². The number of hydrogen-bond donors (Lipinski definition) is 1. The molecule has 4 nitrogen and oxygen atoms in total. The van der Waals surface area contributed by atoms with Crippen LogP contribution in [0.15, 0.2) is 18.2 Å². The molecular formula is C14H20FN3O. The number of piperazine rings is 1. The van der Waals surface area contributed by atoms with Crippen LogP contribution in [-0.4, -0.2) is 37.0 Å². The summed E-state index contributed by atoms with van der Waals surface area (Å²) in [4.78, 5) is 15.3. The lowest BCUT2D eigenvalue weighted by molar-refractivity contribution is -0.129. The number of hydrogen-bond acceptors (Lipinski definition) is 3. The van der Waals surface area contributed by atoms with E-state index in [2.05, 4.69) is 4.90 Å². The lowest BCUT2D eigenvalue weighted by Gasteiger charge is -2.37. The maximum absolute atomic E-state index is 13.3. The third-order valence-electron chi connectivity index (χ3n) is 3.55. The first kappa shape index (κ1) is 13.8. The molecule has 0 spiro atoms. The molecule has 2 rings (SSSR count). The molecule has 0 bridgehead atoms. The summed E-state index contributed by atoms with van der Waals surface area (Å²) in [5, 5.41) is 0. The summed E-state index contributed by atoms with van der Waals surface area (Å²) in [6, 6.07) is 4.52. The van der Waals surface area contributed by atoms with Crippen LogP contribution >= 0.6 is 0 Å². The third-order valence-corrected chi connectivity index (χ3v) is 3.55. The monoisotopic (exact) mass is 265 g/mol. The molecule has 1 saturated heterocycles. The molecule has 1 aromatic rings. The van der Waals surface area contributed by atoms with Crippen LogP contribution in [0.4, 0.5) is 10.1 Å². The lowest BCUT2D eigenvalue weighted by Crippen LogP contribution is -2.48. The second-order valence-electron chi connectivity index (χ2n) is 4.98. The van der Waals surface area contributed by atoms with Gasteiger partial charge in [0, 0.05) is 44.8 Å². The Hall–Kier alpha value is -1.62. The molecular weight excluding hydrogens is 245 g/mol. The number of benzene rings is 1. The van der Waals surface area contributed by atoms with E-state index in [4.69, 9.17) is 5.73 Å². The minimum atomic E-state index is -0.265. The van der Waals surface area contributed by atoms with Gasteiger partial charge in [0.1, 0.15) is 5.82 Å². The van der Waals surface area contributed by atoms with Gasteiger partial charge in [0.15, 0.2) is 0 Å². The summed E-state index contributed by atoms with van der Waals surface area (Å²) in [5.41, 5.74) is 7.70. The van der Waals surface area contributed by atoms with E-state index in [1.165, 1.54) is 12.1 Å².